The normalized spacial score (nSPS) is 10.7. The van der Waals surface area contributed by atoms with Gasteiger partial charge in [0.2, 0.25) is 5.91 Å². The Labute approximate surface area is 176 Å². The molecule has 150 valence electrons. The first-order valence-corrected chi connectivity index (χ1v) is 10.2. The highest BCUT2D eigenvalue weighted by molar-refractivity contribution is 7.99. The van der Waals surface area contributed by atoms with E-state index in [4.69, 9.17) is 11.6 Å². The molecule has 0 fully saturated rings. The Morgan fingerprint density at radius 2 is 1.86 bits per heavy atom. The molecular weight excluding hydrogens is 415 g/mol. The third kappa shape index (κ3) is 5.42. The summed E-state index contributed by atoms with van der Waals surface area (Å²) in [6.07, 6.45) is 0.368. The number of carbonyl (C=O) groups is 2. The minimum absolute atomic E-state index is 0.102. The molecule has 0 aliphatic rings. The van der Waals surface area contributed by atoms with Gasteiger partial charge in [0.15, 0.2) is 10.9 Å². The van der Waals surface area contributed by atoms with Crippen LogP contribution in [0.3, 0.4) is 0 Å². The van der Waals surface area contributed by atoms with Gasteiger partial charge in [-0.2, -0.15) is 0 Å². The first kappa shape index (κ1) is 21.0. The lowest BCUT2D eigenvalue weighted by Gasteiger charge is -2.11. The zero-order chi connectivity index (χ0) is 20.8. The molecule has 0 unspecified atom stereocenters. The summed E-state index contributed by atoms with van der Waals surface area (Å²) < 4.78 is 16.0. The average molecular weight is 433 g/mol. The van der Waals surface area contributed by atoms with E-state index in [1.165, 1.54) is 24.8 Å². The van der Waals surface area contributed by atoms with E-state index in [1.807, 2.05) is 0 Å². The first-order valence-electron chi connectivity index (χ1n) is 8.81. The molecule has 1 N–H and O–H groups in total. The number of para-hydroxylation sites is 1. The maximum Gasteiger partial charge on any atom is 0.216 e. The lowest BCUT2D eigenvalue weighted by atomic mass is 10.1. The van der Waals surface area contributed by atoms with Gasteiger partial charge >= 0.3 is 0 Å². The number of ketones is 1. The maximum atomic E-state index is 14.4. The van der Waals surface area contributed by atoms with Gasteiger partial charge in [0.25, 0.3) is 0 Å². The molecule has 0 radical (unpaired) electrons. The number of nitrogens with one attached hydrogen (secondary N) is 1. The van der Waals surface area contributed by atoms with Crippen LogP contribution in [-0.2, 0) is 11.2 Å². The number of carbonyl (C=O) groups excluding carboxylic acids is 2. The topological polar surface area (TPSA) is 76.9 Å². The largest absolute Gasteiger partial charge is 0.356 e. The number of nitrogens with zero attached hydrogens (tertiary/aromatic N) is 3. The van der Waals surface area contributed by atoms with Crippen LogP contribution in [0.2, 0.25) is 5.02 Å². The molecule has 3 aromatic rings. The van der Waals surface area contributed by atoms with Crippen molar-refractivity contribution in [2.24, 2.45) is 0 Å². The molecule has 29 heavy (non-hydrogen) atoms. The number of Topliss-reactive ketones (excluding diaryl/α,β-unsaturated/α-hetero) is 1. The molecule has 3 rings (SSSR count). The van der Waals surface area contributed by atoms with Gasteiger partial charge in [0, 0.05) is 30.5 Å². The molecule has 1 heterocycles. The third-order valence-electron chi connectivity index (χ3n) is 4.01. The van der Waals surface area contributed by atoms with Gasteiger partial charge in [0.05, 0.1) is 11.4 Å². The van der Waals surface area contributed by atoms with Gasteiger partial charge in [0.1, 0.15) is 11.6 Å². The Morgan fingerprint density at radius 3 is 2.55 bits per heavy atom. The lowest BCUT2D eigenvalue weighted by Crippen LogP contribution is -2.23. The summed E-state index contributed by atoms with van der Waals surface area (Å²) in [5.74, 6) is -0.0937. The van der Waals surface area contributed by atoms with Crippen molar-refractivity contribution in [3.8, 4) is 5.69 Å². The fourth-order valence-electron chi connectivity index (χ4n) is 2.63. The van der Waals surface area contributed by atoms with Gasteiger partial charge in [-0.3, -0.25) is 14.2 Å². The predicted molar refractivity (Wildman–Crippen MR) is 110 cm³/mol. The molecule has 0 spiro atoms. The fourth-order valence-corrected chi connectivity index (χ4v) is 3.61. The van der Waals surface area contributed by atoms with Crippen LogP contribution in [0, 0.1) is 5.82 Å². The van der Waals surface area contributed by atoms with Crippen LogP contribution >= 0.6 is 23.4 Å². The quantitative estimate of drug-likeness (QED) is 0.433. The molecule has 6 nitrogen and oxygen atoms in total. The number of benzene rings is 2. The van der Waals surface area contributed by atoms with Crippen molar-refractivity contribution >= 4 is 35.1 Å². The molecule has 0 aliphatic heterocycles. The Morgan fingerprint density at radius 1 is 1.14 bits per heavy atom. The van der Waals surface area contributed by atoms with E-state index in [9.17, 15) is 14.0 Å². The highest BCUT2D eigenvalue weighted by Gasteiger charge is 2.18. The zero-order valence-electron chi connectivity index (χ0n) is 15.6. The van der Waals surface area contributed by atoms with Gasteiger partial charge in [-0.1, -0.05) is 35.5 Å². The molecule has 1 aromatic heterocycles. The van der Waals surface area contributed by atoms with E-state index < -0.39 is 5.82 Å². The lowest BCUT2D eigenvalue weighted by molar-refractivity contribution is -0.118. The summed E-state index contributed by atoms with van der Waals surface area (Å²) in [5.41, 5.74) is 0.821. The van der Waals surface area contributed by atoms with E-state index in [-0.39, 0.29) is 23.1 Å². The number of thioether (sulfide) groups is 1. The second-order valence-corrected chi connectivity index (χ2v) is 7.52. The minimum atomic E-state index is -0.432. The van der Waals surface area contributed by atoms with Crippen molar-refractivity contribution in [2.75, 3.05) is 12.3 Å². The molecule has 0 atom stereocenters. The summed E-state index contributed by atoms with van der Waals surface area (Å²) in [5, 5.41) is 11.9. The van der Waals surface area contributed by atoms with Crippen LogP contribution in [0.4, 0.5) is 4.39 Å². The van der Waals surface area contributed by atoms with E-state index in [1.54, 1.807) is 47.0 Å². The Balaban J connectivity index is 1.83. The third-order valence-corrected chi connectivity index (χ3v) is 5.20. The molecular formula is C20H18ClFN4O2S. The number of amides is 1. The average Bonchev–Trinajstić information content (AvgIpc) is 3.09. The van der Waals surface area contributed by atoms with Crippen LogP contribution in [-0.4, -0.2) is 38.8 Å². The standard InChI is InChI=1S/C20H18ClFN4O2S/c1-13(27)23-11-10-19-24-25-20(26(19)17-5-3-2-4-16(17)22)29-12-18(28)14-6-8-15(21)9-7-14/h2-9H,10-12H2,1H3,(H,23,27). The number of rotatable bonds is 8. The number of hydrogen-bond donors (Lipinski definition) is 1. The van der Waals surface area contributed by atoms with Gasteiger partial charge < -0.3 is 5.32 Å². The molecule has 0 aliphatic carbocycles. The van der Waals surface area contributed by atoms with Crippen molar-refractivity contribution in [2.45, 2.75) is 18.5 Å². The molecule has 0 saturated carbocycles. The summed E-state index contributed by atoms with van der Waals surface area (Å²) >= 11 is 7.03. The van der Waals surface area contributed by atoms with Crippen LogP contribution in [0.15, 0.2) is 53.7 Å². The zero-order valence-corrected chi connectivity index (χ0v) is 17.1. The van der Waals surface area contributed by atoms with Crippen molar-refractivity contribution in [3.63, 3.8) is 0 Å². The van der Waals surface area contributed by atoms with E-state index in [2.05, 4.69) is 15.5 Å². The Bertz CT molecular complexity index is 1020. The predicted octanol–water partition coefficient (Wildman–Crippen LogP) is 3.71. The van der Waals surface area contributed by atoms with Crippen molar-refractivity contribution in [3.05, 3.63) is 70.8 Å². The van der Waals surface area contributed by atoms with Crippen LogP contribution in [0.1, 0.15) is 23.1 Å². The van der Waals surface area contributed by atoms with Crippen molar-refractivity contribution < 1.29 is 14.0 Å². The molecule has 0 bridgehead atoms. The highest BCUT2D eigenvalue weighted by atomic mass is 35.5. The number of halogens is 2. The van der Waals surface area contributed by atoms with E-state index in [0.29, 0.717) is 34.5 Å². The fraction of sp³-hybridized carbons (Fsp3) is 0.200. The van der Waals surface area contributed by atoms with Crippen LogP contribution < -0.4 is 5.32 Å². The molecule has 0 saturated heterocycles. The molecule has 1 amide bonds. The highest BCUT2D eigenvalue weighted by Crippen LogP contribution is 2.25. The second-order valence-electron chi connectivity index (χ2n) is 6.14. The number of hydrogen-bond acceptors (Lipinski definition) is 5. The van der Waals surface area contributed by atoms with E-state index in [0.717, 1.165) is 0 Å². The smallest absolute Gasteiger partial charge is 0.216 e. The summed E-state index contributed by atoms with van der Waals surface area (Å²) in [6, 6.07) is 12.9. The van der Waals surface area contributed by atoms with Gasteiger partial charge in [-0.05, 0) is 36.4 Å². The molecule has 9 heteroatoms. The second kappa shape index (κ2) is 9.67. The van der Waals surface area contributed by atoms with Crippen LogP contribution in [0.25, 0.3) is 5.69 Å². The number of aromatic nitrogens is 3. The SMILES string of the molecule is CC(=O)NCCc1nnc(SCC(=O)c2ccc(Cl)cc2)n1-c1ccccc1F. The summed E-state index contributed by atoms with van der Waals surface area (Å²) in [7, 11) is 0. The summed E-state index contributed by atoms with van der Waals surface area (Å²) in [4.78, 5) is 23.6. The molecule has 2 aromatic carbocycles. The first-order chi connectivity index (χ1) is 14.0. The van der Waals surface area contributed by atoms with Crippen LogP contribution in [0.5, 0.6) is 0 Å². The van der Waals surface area contributed by atoms with Crippen molar-refractivity contribution in [1.29, 1.82) is 0 Å². The Kier molecular flexibility index (Phi) is 7.00. The summed E-state index contributed by atoms with van der Waals surface area (Å²) in [6.45, 7) is 1.77. The maximum absolute atomic E-state index is 14.4. The van der Waals surface area contributed by atoms with Gasteiger partial charge in [-0.15, -0.1) is 10.2 Å². The Hall–Kier alpha value is -2.71. The van der Waals surface area contributed by atoms with E-state index >= 15 is 0 Å². The monoisotopic (exact) mass is 432 g/mol. The van der Waals surface area contributed by atoms with Gasteiger partial charge in [-0.25, -0.2) is 4.39 Å². The minimum Gasteiger partial charge on any atom is -0.356 e. The van der Waals surface area contributed by atoms with Crippen molar-refractivity contribution in [1.82, 2.24) is 20.1 Å².